The van der Waals surface area contributed by atoms with Crippen molar-refractivity contribution in [3.05, 3.63) is 64.7 Å². The maximum absolute atomic E-state index is 11.9. The average Bonchev–Trinajstić information content (AvgIpc) is 2.45. The number of ketones is 2. The largest absolute Gasteiger partial charge is 0.485 e. The van der Waals surface area contributed by atoms with Crippen LogP contribution in [0.1, 0.15) is 27.6 Å². The Morgan fingerprint density at radius 1 is 1.05 bits per heavy atom. The fraction of sp³-hybridized carbons (Fsp3) is 0.125. The van der Waals surface area contributed by atoms with Crippen LogP contribution in [-0.2, 0) is 0 Å². The van der Waals surface area contributed by atoms with E-state index in [0.29, 0.717) is 21.9 Å². The van der Waals surface area contributed by atoms with E-state index in [1.54, 1.807) is 48.5 Å². The molecular weight excluding hydrogens is 276 g/mol. The Bertz CT molecular complexity index is 650. The summed E-state index contributed by atoms with van der Waals surface area (Å²) in [6, 6.07) is 13.4. The minimum absolute atomic E-state index is 0.0448. The molecule has 0 N–H and O–H groups in total. The van der Waals surface area contributed by atoms with Gasteiger partial charge in [0, 0.05) is 16.1 Å². The van der Waals surface area contributed by atoms with Crippen molar-refractivity contribution in [3.63, 3.8) is 0 Å². The van der Waals surface area contributed by atoms with Crippen LogP contribution in [0.4, 0.5) is 0 Å². The van der Waals surface area contributed by atoms with Crippen molar-refractivity contribution in [2.75, 3.05) is 6.61 Å². The van der Waals surface area contributed by atoms with Gasteiger partial charge in [-0.15, -0.1) is 0 Å². The van der Waals surface area contributed by atoms with Crippen molar-refractivity contribution in [2.45, 2.75) is 6.92 Å². The van der Waals surface area contributed by atoms with Crippen LogP contribution in [0.2, 0.25) is 5.02 Å². The van der Waals surface area contributed by atoms with Gasteiger partial charge in [-0.25, -0.2) is 0 Å². The highest BCUT2D eigenvalue weighted by Gasteiger charge is 2.08. The van der Waals surface area contributed by atoms with E-state index in [2.05, 4.69) is 0 Å². The van der Waals surface area contributed by atoms with E-state index in [4.69, 9.17) is 16.3 Å². The Hall–Kier alpha value is -2.13. The molecule has 0 spiro atoms. The minimum Gasteiger partial charge on any atom is -0.485 e. The molecule has 0 bridgehead atoms. The Morgan fingerprint density at radius 3 is 2.45 bits per heavy atom. The fourth-order valence-electron chi connectivity index (χ4n) is 1.70. The van der Waals surface area contributed by atoms with E-state index in [9.17, 15) is 9.59 Å². The highest BCUT2D eigenvalue weighted by atomic mass is 35.5. The lowest BCUT2D eigenvalue weighted by Crippen LogP contribution is -2.11. The summed E-state index contributed by atoms with van der Waals surface area (Å²) in [5.41, 5.74) is 1.05. The molecule has 0 radical (unpaired) electrons. The summed E-state index contributed by atoms with van der Waals surface area (Å²) >= 11 is 5.83. The molecule has 0 saturated heterocycles. The molecule has 0 atom stereocenters. The van der Waals surface area contributed by atoms with Gasteiger partial charge in [-0.2, -0.15) is 0 Å². The molecular formula is C16H13ClO3. The third-order valence-corrected chi connectivity index (χ3v) is 2.99. The highest BCUT2D eigenvalue weighted by Crippen LogP contribution is 2.15. The molecule has 2 rings (SSSR count). The van der Waals surface area contributed by atoms with Crippen LogP contribution in [0, 0.1) is 0 Å². The molecule has 0 unspecified atom stereocenters. The molecule has 0 aliphatic heterocycles. The first-order valence-electron chi connectivity index (χ1n) is 6.09. The Morgan fingerprint density at radius 2 is 1.75 bits per heavy atom. The van der Waals surface area contributed by atoms with E-state index in [1.165, 1.54) is 6.92 Å². The summed E-state index contributed by atoms with van der Waals surface area (Å²) in [5.74, 6) is 0.283. The number of ether oxygens (including phenoxy) is 1. The first kappa shape index (κ1) is 14.3. The van der Waals surface area contributed by atoms with Gasteiger partial charge in [-0.05, 0) is 31.2 Å². The van der Waals surface area contributed by atoms with Crippen LogP contribution in [0.25, 0.3) is 0 Å². The van der Waals surface area contributed by atoms with Gasteiger partial charge in [0.15, 0.2) is 18.2 Å². The van der Waals surface area contributed by atoms with Gasteiger partial charge >= 0.3 is 0 Å². The van der Waals surface area contributed by atoms with Crippen molar-refractivity contribution >= 4 is 23.2 Å². The summed E-state index contributed by atoms with van der Waals surface area (Å²) in [4.78, 5) is 23.2. The minimum atomic E-state index is -0.166. The number of rotatable bonds is 5. The number of hydrogen-bond acceptors (Lipinski definition) is 3. The Kier molecular flexibility index (Phi) is 4.53. The zero-order valence-corrected chi connectivity index (χ0v) is 11.7. The molecule has 20 heavy (non-hydrogen) atoms. The molecule has 0 heterocycles. The number of halogens is 1. The first-order chi connectivity index (χ1) is 9.56. The SMILES string of the molecule is CC(=O)c1cccc(OCC(=O)c2cccc(Cl)c2)c1. The standard InChI is InChI=1S/C16H13ClO3/c1-11(18)12-4-3-7-15(9-12)20-10-16(19)13-5-2-6-14(17)8-13/h2-9H,10H2,1H3. The van der Waals surface area contributed by atoms with Crippen LogP contribution in [0.15, 0.2) is 48.5 Å². The Labute approximate surface area is 122 Å². The summed E-state index contributed by atoms with van der Waals surface area (Å²) in [6.07, 6.45) is 0. The van der Waals surface area contributed by atoms with Crippen LogP contribution in [0.3, 0.4) is 0 Å². The second-order valence-corrected chi connectivity index (χ2v) is 4.74. The quantitative estimate of drug-likeness (QED) is 0.786. The third kappa shape index (κ3) is 3.68. The third-order valence-electron chi connectivity index (χ3n) is 2.76. The Balaban J connectivity index is 2.03. The molecule has 2 aromatic rings. The summed E-state index contributed by atoms with van der Waals surface area (Å²) in [5, 5.41) is 0.509. The number of hydrogen-bond donors (Lipinski definition) is 0. The highest BCUT2D eigenvalue weighted by molar-refractivity contribution is 6.31. The second kappa shape index (κ2) is 6.35. The zero-order valence-electron chi connectivity index (χ0n) is 10.9. The lowest BCUT2D eigenvalue weighted by Gasteiger charge is -2.06. The van der Waals surface area contributed by atoms with E-state index in [-0.39, 0.29) is 18.2 Å². The molecule has 102 valence electrons. The molecule has 4 heteroatoms. The monoisotopic (exact) mass is 288 g/mol. The average molecular weight is 289 g/mol. The van der Waals surface area contributed by atoms with E-state index in [1.807, 2.05) is 0 Å². The van der Waals surface area contributed by atoms with E-state index >= 15 is 0 Å². The lowest BCUT2D eigenvalue weighted by atomic mass is 10.1. The summed E-state index contributed by atoms with van der Waals surface area (Å²) in [7, 11) is 0. The number of carbonyl (C=O) groups excluding carboxylic acids is 2. The van der Waals surface area contributed by atoms with Crippen LogP contribution in [0.5, 0.6) is 5.75 Å². The van der Waals surface area contributed by atoms with Crippen molar-refractivity contribution in [3.8, 4) is 5.75 Å². The maximum atomic E-state index is 11.9. The maximum Gasteiger partial charge on any atom is 0.200 e. The van der Waals surface area contributed by atoms with Crippen molar-refractivity contribution in [1.29, 1.82) is 0 Å². The van der Waals surface area contributed by atoms with Crippen molar-refractivity contribution in [1.82, 2.24) is 0 Å². The number of Topliss-reactive ketones (excluding diaryl/α,β-unsaturated/α-hetero) is 2. The van der Waals surface area contributed by atoms with Gasteiger partial charge in [0.25, 0.3) is 0 Å². The van der Waals surface area contributed by atoms with Gasteiger partial charge < -0.3 is 4.74 Å². The van der Waals surface area contributed by atoms with Crippen LogP contribution < -0.4 is 4.74 Å². The van der Waals surface area contributed by atoms with Crippen molar-refractivity contribution in [2.24, 2.45) is 0 Å². The molecule has 0 saturated carbocycles. The second-order valence-electron chi connectivity index (χ2n) is 4.31. The fourth-order valence-corrected chi connectivity index (χ4v) is 1.89. The van der Waals surface area contributed by atoms with Gasteiger partial charge in [0.1, 0.15) is 5.75 Å². The zero-order chi connectivity index (χ0) is 14.5. The molecule has 0 aliphatic carbocycles. The van der Waals surface area contributed by atoms with Gasteiger partial charge in [-0.3, -0.25) is 9.59 Å². The van der Waals surface area contributed by atoms with Gasteiger partial charge in [0.2, 0.25) is 0 Å². The predicted molar refractivity (Wildman–Crippen MR) is 77.7 cm³/mol. The van der Waals surface area contributed by atoms with E-state index < -0.39 is 0 Å². The van der Waals surface area contributed by atoms with Crippen molar-refractivity contribution < 1.29 is 14.3 Å². The molecule has 0 amide bonds. The van der Waals surface area contributed by atoms with Crippen LogP contribution in [-0.4, -0.2) is 18.2 Å². The van der Waals surface area contributed by atoms with E-state index in [0.717, 1.165) is 0 Å². The number of carbonyl (C=O) groups is 2. The van der Waals surface area contributed by atoms with Gasteiger partial charge in [0.05, 0.1) is 0 Å². The lowest BCUT2D eigenvalue weighted by molar-refractivity contribution is 0.0921. The first-order valence-corrected chi connectivity index (χ1v) is 6.46. The smallest absolute Gasteiger partial charge is 0.200 e. The molecule has 0 aromatic heterocycles. The summed E-state index contributed by atoms with van der Waals surface area (Å²) in [6.45, 7) is 1.39. The molecule has 0 fully saturated rings. The molecule has 3 nitrogen and oxygen atoms in total. The van der Waals surface area contributed by atoms with Crippen LogP contribution >= 0.6 is 11.6 Å². The normalized spacial score (nSPS) is 10.1. The van der Waals surface area contributed by atoms with Gasteiger partial charge in [-0.1, -0.05) is 35.9 Å². The predicted octanol–water partition coefficient (Wildman–Crippen LogP) is 3.80. The molecule has 0 aliphatic rings. The number of benzene rings is 2. The topological polar surface area (TPSA) is 43.4 Å². The molecule has 2 aromatic carbocycles. The summed E-state index contributed by atoms with van der Waals surface area (Å²) < 4.78 is 5.41.